The third-order valence-electron chi connectivity index (χ3n) is 5.48. The van der Waals surface area contributed by atoms with Crippen LogP contribution < -0.4 is 4.72 Å². The Morgan fingerprint density at radius 3 is 2.70 bits per heavy atom. The van der Waals surface area contributed by atoms with Crippen molar-refractivity contribution in [3.8, 4) is 5.13 Å². The highest BCUT2D eigenvalue weighted by Gasteiger charge is 2.41. The molecule has 5 rings (SSSR count). The summed E-state index contributed by atoms with van der Waals surface area (Å²) in [4.78, 5) is 0.307. The first-order valence-corrected chi connectivity index (χ1v) is 11.6. The van der Waals surface area contributed by atoms with Gasteiger partial charge in [0.25, 0.3) is 0 Å². The predicted molar refractivity (Wildman–Crippen MR) is 106 cm³/mol. The summed E-state index contributed by atoms with van der Waals surface area (Å²) < 4.78 is 30.5. The van der Waals surface area contributed by atoms with Gasteiger partial charge in [0.05, 0.1) is 10.4 Å². The maximum absolute atomic E-state index is 12.8. The quantitative estimate of drug-likeness (QED) is 0.684. The highest BCUT2D eigenvalue weighted by atomic mass is 32.2. The molecular weight excluding hydrogens is 380 g/mol. The zero-order valence-electron chi connectivity index (χ0n) is 15.4. The van der Waals surface area contributed by atoms with E-state index in [9.17, 15) is 8.42 Å². The van der Waals surface area contributed by atoms with Gasteiger partial charge in [-0.25, -0.2) is 13.1 Å². The van der Waals surface area contributed by atoms with E-state index in [1.54, 1.807) is 12.1 Å². The van der Waals surface area contributed by atoms with Crippen LogP contribution in [-0.4, -0.2) is 28.7 Å². The molecule has 0 radical (unpaired) electrons. The van der Waals surface area contributed by atoms with Gasteiger partial charge >= 0.3 is 0 Å². The number of rotatable bonds is 6. The molecule has 1 N–H and O–H groups in total. The van der Waals surface area contributed by atoms with E-state index in [0.717, 1.165) is 46.2 Å². The van der Waals surface area contributed by atoms with E-state index in [0.29, 0.717) is 4.90 Å². The van der Waals surface area contributed by atoms with Crippen LogP contribution in [0.15, 0.2) is 29.3 Å². The van der Waals surface area contributed by atoms with Crippen LogP contribution >= 0.6 is 11.3 Å². The van der Waals surface area contributed by atoms with Gasteiger partial charge in [-0.05, 0) is 69.6 Å². The molecule has 3 aromatic rings. The van der Waals surface area contributed by atoms with Gasteiger partial charge in [-0.15, -0.1) is 10.2 Å². The summed E-state index contributed by atoms with van der Waals surface area (Å²) in [6.07, 6.45) is 7.47. The van der Waals surface area contributed by atoms with Crippen LogP contribution in [-0.2, 0) is 16.4 Å². The van der Waals surface area contributed by atoms with Crippen LogP contribution in [0.4, 0.5) is 0 Å². The lowest BCUT2D eigenvalue weighted by Crippen LogP contribution is -2.34. The lowest BCUT2D eigenvalue weighted by atomic mass is 10.1. The van der Waals surface area contributed by atoms with Gasteiger partial charge in [0.2, 0.25) is 15.2 Å². The van der Waals surface area contributed by atoms with Gasteiger partial charge in [0.1, 0.15) is 5.01 Å². The van der Waals surface area contributed by atoms with Crippen molar-refractivity contribution in [3.05, 3.63) is 35.0 Å². The van der Waals surface area contributed by atoms with Gasteiger partial charge in [-0.2, -0.15) is 0 Å². The maximum Gasteiger partial charge on any atom is 0.241 e. The molecule has 6 nitrogen and oxygen atoms in total. The average Bonchev–Trinajstić information content (AvgIpc) is 3.49. The molecule has 0 aliphatic heterocycles. The molecule has 0 atom stereocenters. The van der Waals surface area contributed by atoms with Crippen molar-refractivity contribution in [3.63, 3.8) is 0 Å². The van der Waals surface area contributed by atoms with Crippen molar-refractivity contribution in [2.75, 3.05) is 0 Å². The minimum absolute atomic E-state index is 0.288. The fourth-order valence-corrected chi connectivity index (χ4v) is 5.62. The molecule has 27 heavy (non-hydrogen) atoms. The molecule has 2 aliphatic rings. The van der Waals surface area contributed by atoms with E-state index in [4.69, 9.17) is 0 Å². The number of nitrogens with zero attached hydrogens (tertiary/aromatic N) is 3. The molecule has 1 aromatic carbocycles. The normalized spacial score (nSPS) is 18.9. The first-order chi connectivity index (χ1) is 12.8. The van der Waals surface area contributed by atoms with Gasteiger partial charge in [-0.1, -0.05) is 17.4 Å². The Hall–Kier alpha value is -1.77. The van der Waals surface area contributed by atoms with E-state index >= 15 is 0 Å². The molecular formula is C19H22N4O2S2. The van der Waals surface area contributed by atoms with E-state index in [1.165, 1.54) is 29.7 Å². The molecule has 0 spiro atoms. The molecule has 8 heteroatoms. The van der Waals surface area contributed by atoms with E-state index in [2.05, 4.69) is 21.1 Å². The number of hydrogen-bond donors (Lipinski definition) is 1. The van der Waals surface area contributed by atoms with E-state index in [-0.39, 0.29) is 5.54 Å². The summed E-state index contributed by atoms with van der Waals surface area (Å²) >= 11 is 1.51. The molecule has 0 bridgehead atoms. The largest absolute Gasteiger partial charge is 0.291 e. The second-order valence-electron chi connectivity index (χ2n) is 8.12. The zero-order valence-corrected chi connectivity index (χ0v) is 17.0. The Labute approximate surface area is 162 Å². The third-order valence-corrected chi connectivity index (χ3v) is 7.95. The zero-order chi connectivity index (χ0) is 18.8. The number of sulfonamides is 1. The summed E-state index contributed by atoms with van der Waals surface area (Å²) in [5.41, 5.74) is 1.85. The second-order valence-corrected chi connectivity index (χ2v) is 11.0. The van der Waals surface area contributed by atoms with Gasteiger partial charge in [0.15, 0.2) is 0 Å². The Morgan fingerprint density at radius 2 is 2.07 bits per heavy atom. The van der Waals surface area contributed by atoms with Gasteiger partial charge < -0.3 is 0 Å². The number of benzene rings is 1. The van der Waals surface area contributed by atoms with Crippen molar-refractivity contribution in [2.45, 2.75) is 56.4 Å². The standard InChI is InChI=1S/C19H22N4O2S2/c1-12-20-21-18(26-12)23-11-14(9-13-3-4-13)16-6-5-15(10-17(16)23)27(24,25)22-19(2)7-8-19/h5-6,10-11,13,22H,3-4,7-9H2,1-2H3. The Morgan fingerprint density at radius 1 is 1.30 bits per heavy atom. The van der Waals surface area contributed by atoms with Crippen molar-refractivity contribution in [1.82, 2.24) is 19.5 Å². The summed E-state index contributed by atoms with van der Waals surface area (Å²) in [5.74, 6) is 0.750. The smallest absolute Gasteiger partial charge is 0.241 e. The van der Waals surface area contributed by atoms with Crippen LogP contribution in [0.5, 0.6) is 0 Å². The molecule has 0 unspecified atom stereocenters. The van der Waals surface area contributed by atoms with Crippen molar-refractivity contribution < 1.29 is 8.42 Å². The number of hydrogen-bond acceptors (Lipinski definition) is 5. The van der Waals surface area contributed by atoms with Crippen LogP contribution in [0.2, 0.25) is 0 Å². The highest BCUT2D eigenvalue weighted by Crippen LogP contribution is 2.38. The van der Waals surface area contributed by atoms with Crippen LogP contribution in [0.3, 0.4) is 0 Å². The van der Waals surface area contributed by atoms with Crippen molar-refractivity contribution in [1.29, 1.82) is 0 Å². The lowest BCUT2D eigenvalue weighted by molar-refractivity contribution is 0.558. The summed E-state index contributed by atoms with van der Waals surface area (Å²) in [6, 6.07) is 5.44. The van der Waals surface area contributed by atoms with Crippen LogP contribution in [0.1, 0.15) is 43.2 Å². The van der Waals surface area contributed by atoms with E-state index < -0.39 is 10.0 Å². The topological polar surface area (TPSA) is 76.9 Å². The van der Waals surface area contributed by atoms with Crippen LogP contribution in [0, 0.1) is 12.8 Å². The number of fused-ring (bicyclic) bond motifs is 1. The van der Waals surface area contributed by atoms with E-state index in [1.807, 2.05) is 24.5 Å². The van der Waals surface area contributed by atoms with Crippen LogP contribution in [0.25, 0.3) is 16.0 Å². The Kier molecular flexibility index (Phi) is 3.76. The summed E-state index contributed by atoms with van der Waals surface area (Å²) in [7, 11) is -3.54. The molecule has 0 amide bonds. The molecule has 0 saturated heterocycles. The fraction of sp³-hybridized carbons (Fsp3) is 0.474. The number of aromatic nitrogens is 3. The second kappa shape index (κ2) is 5.86. The monoisotopic (exact) mass is 402 g/mol. The minimum atomic E-state index is -3.54. The summed E-state index contributed by atoms with van der Waals surface area (Å²) in [6.45, 7) is 3.87. The maximum atomic E-state index is 12.8. The van der Waals surface area contributed by atoms with Gasteiger partial charge in [0, 0.05) is 17.1 Å². The molecule has 2 saturated carbocycles. The Balaban J connectivity index is 1.63. The SMILES string of the molecule is Cc1nnc(-n2cc(CC3CC3)c3ccc(S(=O)(=O)NC4(C)CC4)cc32)s1. The first kappa shape index (κ1) is 17.3. The first-order valence-electron chi connectivity index (χ1n) is 9.31. The average molecular weight is 403 g/mol. The highest BCUT2D eigenvalue weighted by molar-refractivity contribution is 7.89. The van der Waals surface area contributed by atoms with Gasteiger partial charge in [-0.3, -0.25) is 4.57 Å². The molecule has 2 aliphatic carbocycles. The fourth-order valence-electron chi connectivity index (χ4n) is 3.45. The van der Waals surface area contributed by atoms with Crippen molar-refractivity contribution >= 4 is 32.3 Å². The number of aryl methyl sites for hydroxylation is 1. The molecule has 2 fully saturated rings. The molecule has 2 heterocycles. The summed E-state index contributed by atoms with van der Waals surface area (Å²) in [5, 5.41) is 11.2. The number of nitrogens with one attached hydrogen (secondary N) is 1. The lowest BCUT2D eigenvalue weighted by Gasteiger charge is -2.12. The Bertz CT molecular complexity index is 1140. The molecule has 142 valence electrons. The molecule has 2 aromatic heterocycles. The van der Waals surface area contributed by atoms with Crippen molar-refractivity contribution in [2.24, 2.45) is 5.92 Å². The minimum Gasteiger partial charge on any atom is -0.291 e. The predicted octanol–water partition coefficient (Wildman–Crippen LogP) is 3.57. The third kappa shape index (κ3) is 3.30.